The number of hydrogen-bond acceptors (Lipinski definition) is 3. The maximum atomic E-state index is 5.49. The monoisotopic (exact) mass is 258 g/mol. The largest absolute Gasteiger partial charge is 0.353 e. The zero-order chi connectivity index (χ0) is 11.6. The van der Waals surface area contributed by atoms with E-state index in [9.17, 15) is 0 Å². The molecule has 1 atom stereocenters. The molecule has 0 N–H and O–H groups in total. The van der Waals surface area contributed by atoms with Gasteiger partial charge in [-0.2, -0.15) is 0 Å². The highest BCUT2D eigenvalue weighted by atomic mass is 32.7. The maximum absolute atomic E-state index is 5.49. The van der Waals surface area contributed by atoms with Crippen LogP contribution in [-0.4, -0.2) is 25.7 Å². The van der Waals surface area contributed by atoms with E-state index >= 15 is 0 Å². The third-order valence-corrected chi connectivity index (χ3v) is 4.68. The Labute approximate surface area is 104 Å². The lowest BCUT2D eigenvalue weighted by molar-refractivity contribution is -0.120. The van der Waals surface area contributed by atoms with Crippen molar-refractivity contribution in [3.8, 4) is 0 Å². The van der Waals surface area contributed by atoms with Gasteiger partial charge < -0.3 is 9.47 Å². The van der Waals surface area contributed by atoms with E-state index in [0.717, 1.165) is 13.9 Å². The van der Waals surface area contributed by atoms with Crippen LogP contribution in [0.4, 0.5) is 0 Å². The van der Waals surface area contributed by atoms with Crippen LogP contribution in [0.3, 0.4) is 0 Å². The molecule has 0 amide bonds. The van der Waals surface area contributed by atoms with Crippen LogP contribution in [0, 0.1) is 0 Å². The summed E-state index contributed by atoms with van der Waals surface area (Å²) in [6.45, 7) is 5.43. The normalized spacial score (nSPS) is 11.7. The minimum atomic E-state index is -0.0375. The van der Waals surface area contributed by atoms with Gasteiger partial charge in [0, 0.05) is 24.3 Å². The minimum absolute atomic E-state index is 0.0375. The molecular formula is C12H19O2PS. The summed E-state index contributed by atoms with van der Waals surface area (Å²) in [5.41, 5.74) is 0. The summed E-state index contributed by atoms with van der Waals surface area (Å²) in [6, 6.07) is 10.4. The topological polar surface area (TPSA) is 18.5 Å². The van der Waals surface area contributed by atoms with Crippen molar-refractivity contribution in [3.63, 3.8) is 0 Å². The summed E-state index contributed by atoms with van der Waals surface area (Å²) in [4.78, 5) is 1.31. The zero-order valence-corrected chi connectivity index (χ0v) is 11.6. The Hall–Kier alpha value is -0.0800. The second kappa shape index (κ2) is 9.00. The Morgan fingerprint density at radius 1 is 1.12 bits per heavy atom. The lowest BCUT2D eigenvalue weighted by atomic mass is 10.4. The van der Waals surface area contributed by atoms with E-state index in [2.05, 4.69) is 24.3 Å². The van der Waals surface area contributed by atoms with E-state index in [0.29, 0.717) is 13.2 Å². The molecule has 0 radical (unpaired) electrons. The minimum Gasteiger partial charge on any atom is -0.353 e. The molecular weight excluding hydrogens is 239 g/mol. The summed E-state index contributed by atoms with van der Waals surface area (Å²) >= 11 is 1.87. The Morgan fingerprint density at radius 3 is 2.31 bits per heavy atom. The summed E-state index contributed by atoms with van der Waals surface area (Å²) in [5.74, 6) is 0. The zero-order valence-electron chi connectivity index (χ0n) is 9.81. The first kappa shape index (κ1) is 14.0. The van der Waals surface area contributed by atoms with Crippen molar-refractivity contribution < 1.29 is 9.47 Å². The molecule has 0 aliphatic carbocycles. The Bertz CT molecular complexity index is 263. The van der Waals surface area contributed by atoms with Crippen molar-refractivity contribution in [1.29, 1.82) is 0 Å². The van der Waals surface area contributed by atoms with Gasteiger partial charge in [0.2, 0.25) is 0 Å². The summed E-state index contributed by atoms with van der Waals surface area (Å²) in [5, 5.41) is 0. The molecule has 0 fully saturated rings. The van der Waals surface area contributed by atoms with Crippen molar-refractivity contribution >= 4 is 19.2 Å². The fourth-order valence-corrected chi connectivity index (χ4v) is 3.70. The van der Waals surface area contributed by atoms with Crippen LogP contribution in [-0.2, 0) is 9.47 Å². The van der Waals surface area contributed by atoms with Crippen LogP contribution >= 0.6 is 19.2 Å². The Morgan fingerprint density at radius 2 is 1.75 bits per heavy atom. The molecule has 0 aliphatic heterocycles. The van der Waals surface area contributed by atoms with Crippen molar-refractivity contribution in [1.82, 2.24) is 0 Å². The van der Waals surface area contributed by atoms with E-state index in [4.69, 9.17) is 9.47 Å². The maximum Gasteiger partial charge on any atom is 0.161 e. The molecule has 0 saturated heterocycles. The van der Waals surface area contributed by atoms with Gasteiger partial charge in [0.15, 0.2) is 6.29 Å². The van der Waals surface area contributed by atoms with Gasteiger partial charge in [-0.1, -0.05) is 26.0 Å². The highest BCUT2D eigenvalue weighted by Gasteiger charge is 2.07. The summed E-state index contributed by atoms with van der Waals surface area (Å²) in [6.07, 6.45) is 0.922. The quantitative estimate of drug-likeness (QED) is 0.522. The number of rotatable bonds is 8. The van der Waals surface area contributed by atoms with Crippen LogP contribution < -0.4 is 0 Å². The van der Waals surface area contributed by atoms with Crippen molar-refractivity contribution in [2.75, 3.05) is 19.4 Å². The smallest absolute Gasteiger partial charge is 0.161 e. The lowest BCUT2D eigenvalue weighted by Crippen LogP contribution is -2.19. The lowest BCUT2D eigenvalue weighted by Gasteiger charge is -2.16. The number of hydrogen-bond donors (Lipinski definition) is 0. The predicted octanol–water partition coefficient (Wildman–Crippen LogP) is 3.77. The molecule has 1 rings (SSSR count). The second-order valence-electron chi connectivity index (χ2n) is 3.10. The molecule has 0 spiro atoms. The van der Waals surface area contributed by atoms with Gasteiger partial charge in [0.1, 0.15) is 0 Å². The van der Waals surface area contributed by atoms with Gasteiger partial charge in [-0.3, -0.25) is 0 Å². The molecule has 1 aromatic carbocycles. The van der Waals surface area contributed by atoms with Gasteiger partial charge in [0.25, 0.3) is 0 Å². The highest BCUT2D eigenvalue weighted by Crippen LogP contribution is 2.37. The van der Waals surface area contributed by atoms with Gasteiger partial charge in [-0.25, -0.2) is 0 Å². The van der Waals surface area contributed by atoms with E-state index < -0.39 is 0 Å². The first-order valence-electron chi connectivity index (χ1n) is 5.54. The Kier molecular flexibility index (Phi) is 7.87. The van der Waals surface area contributed by atoms with Gasteiger partial charge >= 0.3 is 0 Å². The molecule has 0 aliphatic rings. The Balaban J connectivity index is 2.22. The molecule has 2 nitrogen and oxygen atoms in total. The van der Waals surface area contributed by atoms with Crippen LogP contribution in [0.2, 0.25) is 0 Å². The van der Waals surface area contributed by atoms with Crippen LogP contribution in [0.25, 0.3) is 0 Å². The van der Waals surface area contributed by atoms with E-state index in [1.807, 2.05) is 31.3 Å². The predicted molar refractivity (Wildman–Crippen MR) is 72.5 cm³/mol. The van der Waals surface area contributed by atoms with Gasteiger partial charge in [-0.05, 0) is 26.0 Å². The van der Waals surface area contributed by atoms with Crippen LogP contribution in [0.5, 0.6) is 0 Å². The summed E-state index contributed by atoms with van der Waals surface area (Å²) in [7, 11) is 0.776. The molecule has 0 bridgehead atoms. The average molecular weight is 258 g/mol. The molecule has 1 unspecified atom stereocenters. The van der Waals surface area contributed by atoms with E-state index in [-0.39, 0.29) is 6.29 Å². The van der Waals surface area contributed by atoms with E-state index in [1.165, 1.54) is 4.90 Å². The standard InChI is InChI=1S/C12H19O2PS/c1-3-13-12(14-4-2)10-15-16-11-8-6-5-7-9-11/h5-9,12,15H,3-4,10H2,1-2H3. The van der Waals surface area contributed by atoms with Gasteiger partial charge in [-0.15, -0.1) is 11.4 Å². The second-order valence-corrected chi connectivity index (χ2v) is 5.95. The fourth-order valence-electron chi connectivity index (χ4n) is 1.22. The van der Waals surface area contributed by atoms with Crippen molar-refractivity contribution in [2.24, 2.45) is 0 Å². The summed E-state index contributed by atoms with van der Waals surface area (Å²) < 4.78 is 11.0. The SMILES string of the molecule is CCOC(CPSc1ccccc1)OCC. The molecule has 0 aromatic heterocycles. The van der Waals surface area contributed by atoms with Crippen molar-refractivity contribution in [3.05, 3.63) is 30.3 Å². The number of ether oxygens (including phenoxy) is 2. The number of benzene rings is 1. The average Bonchev–Trinajstić information content (AvgIpc) is 2.31. The molecule has 16 heavy (non-hydrogen) atoms. The molecule has 90 valence electrons. The molecule has 1 aromatic rings. The third kappa shape index (κ3) is 5.86. The molecule has 4 heteroatoms. The van der Waals surface area contributed by atoms with Gasteiger partial charge in [0.05, 0.1) is 0 Å². The third-order valence-electron chi connectivity index (χ3n) is 1.89. The fraction of sp³-hybridized carbons (Fsp3) is 0.500. The van der Waals surface area contributed by atoms with Crippen LogP contribution in [0.15, 0.2) is 35.2 Å². The first-order valence-corrected chi connectivity index (χ1v) is 8.29. The first-order chi connectivity index (χ1) is 7.86. The highest BCUT2D eigenvalue weighted by molar-refractivity contribution is 8.49. The van der Waals surface area contributed by atoms with Crippen molar-refractivity contribution in [2.45, 2.75) is 25.0 Å². The van der Waals surface area contributed by atoms with E-state index in [1.54, 1.807) is 0 Å². The van der Waals surface area contributed by atoms with Crippen LogP contribution in [0.1, 0.15) is 13.8 Å². The molecule has 0 saturated carbocycles. The molecule has 0 heterocycles.